The van der Waals surface area contributed by atoms with Gasteiger partial charge in [0.15, 0.2) is 11.5 Å². The van der Waals surface area contributed by atoms with E-state index in [2.05, 4.69) is 33.7 Å². The van der Waals surface area contributed by atoms with Gasteiger partial charge in [0.2, 0.25) is 0 Å². The summed E-state index contributed by atoms with van der Waals surface area (Å²) in [5.41, 5.74) is 5.95. The Labute approximate surface area is 248 Å². The maximum absolute atomic E-state index is 13.1. The minimum atomic E-state index is -0.955. The first-order chi connectivity index (χ1) is 21.0. The van der Waals surface area contributed by atoms with Gasteiger partial charge in [0.1, 0.15) is 6.04 Å². The molecule has 2 aliphatic heterocycles. The summed E-state index contributed by atoms with van der Waals surface area (Å²) in [6.07, 6.45) is 6.58. The number of carbonyl (C=O) groups excluding carboxylic acids is 1. The van der Waals surface area contributed by atoms with E-state index < -0.39 is 12.0 Å². The lowest BCUT2D eigenvalue weighted by Crippen LogP contribution is -2.40. The molecule has 0 aliphatic carbocycles. The van der Waals surface area contributed by atoms with Crippen molar-refractivity contribution in [2.75, 3.05) is 37.7 Å². The third-order valence-electron chi connectivity index (χ3n) is 8.35. The van der Waals surface area contributed by atoms with E-state index in [0.29, 0.717) is 38.2 Å². The third kappa shape index (κ3) is 5.30. The summed E-state index contributed by atoms with van der Waals surface area (Å²) >= 11 is 0. The number of hydrogen-bond acceptors (Lipinski definition) is 7. The maximum atomic E-state index is 13.1. The predicted octanol–water partition coefficient (Wildman–Crippen LogP) is 4.26. The van der Waals surface area contributed by atoms with Crippen molar-refractivity contribution in [2.24, 2.45) is 0 Å². The van der Waals surface area contributed by atoms with E-state index in [1.807, 2.05) is 36.5 Å². The van der Waals surface area contributed by atoms with Gasteiger partial charge >= 0.3 is 5.97 Å². The maximum Gasteiger partial charge on any atom is 0.326 e. The normalized spacial score (nSPS) is 17.2. The molecule has 0 radical (unpaired) electrons. The molecule has 2 fully saturated rings. The second kappa shape index (κ2) is 11.4. The molecule has 43 heavy (non-hydrogen) atoms. The zero-order valence-corrected chi connectivity index (χ0v) is 23.7. The largest absolute Gasteiger partial charge is 0.480 e. The first kappa shape index (κ1) is 27.0. The summed E-state index contributed by atoms with van der Waals surface area (Å²) in [5.74, 6) is -0.388. The number of fused-ring (bicyclic) bond motifs is 2. The fraction of sp³-hybridized carbons (Fsp3) is 0.303. The van der Waals surface area contributed by atoms with Gasteiger partial charge < -0.3 is 19.6 Å². The van der Waals surface area contributed by atoms with Crippen LogP contribution in [0.5, 0.6) is 0 Å². The number of aryl methyl sites for hydroxylation is 2. The Hall–Kier alpha value is -4.83. The van der Waals surface area contributed by atoms with Gasteiger partial charge in [-0.15, -0.1) is 0 Å². The Morgan fingerprint density at radius 2 is 1.70 bits per heavy atom. The van der Waals surface area contributed by atoms with Crippen LogP contribution in [-0.2, 0) is 22.4 Å². The van der Waals surface area contributed by atoms with E-state index in [4.69, 9.17) is 19.7 Å². The smallest absolute Gasteiger partial charge is 0.326 e. The Balaban J connectivity index is 1.19. The van der Waals surface area contributed by atoms with Gasteiger partial charge in [0.05, 0.1) is 36.3 Å². The summed E-state index contributed by atoms with van der Waals surface area (Å²) in [7, 11) is 0. The summed E-state index contributed by atoms with van der Waals surface area (Å²) in [6, 6.07) is 18.9. The fourth-order valence-electron chi connectivity index (χ4n) is 6.06. The monoisotopic (exact) mass is 576 g/mol. The van der Waals surface area contributed by atoms with Crippen LogP contribution in [0.3, 0.4) is 0 Å². The molecule has 2 aromatic carbocycles. The molecule has 0 spiro atoms. The van der Waals surface area contributed by atoms with Crippen LogP contribution in [0.25, 0.3) is 27.8 Å². The minimum Gasteiger partial charge on any atom is -0.480 e. The molecule has 0 unspecified atom stereocenters. The molecule has 10 heteroatoms. The van der Waals surface area contributed by atoms with Crippen molar-refractivity contribution < 1.29 is 19.4 Å². The first-order valence-electron chi connectivity index (χ1n) is 14.7. The Bertz CT molecular complexity index is 1810. The number of morpholine rings is 1. The molecule has 2 aliphatic rings. The molecule has 1 atom stereocenters. The molecule has 3 aromatic heterocycles. The quantitative estimate of drug-likeness (QED) is 0.306. The lowest BCUT2D eigenvalue weighted by Gasteiger charge is -2.28. The molecular weight excluding hydrogens is 544 g/mol. The van der Waals surface area contributed by atoms with Gasteiger partial charge in [-0.05, 0) is 49.9 Å². The highest BCUT2D eigenvalue weighted by molar-refractivity contribution is 5.97. The van der Waals surface area contributed by atoms with Crippen molar-refractivity contribution in [3.63, 3.8) is 0 Å². The lowest BCUT2D eigenvalue weighted by molar-refractivity contribution is -0.141. The second-order valence-electron chi connectivity index (χ2n) is 11.1. The number of pyridine rings is 1. The van der Waals surface area contributed by atoms with Crippen LogP contribution in [0.15, 0.2) is 73.1 Å². The van der Waals surface area contributed by atoms with Crippen LogP contribution < -0.4 is 4.90 Å². The lowest BCUT2D eigenvalue weighted by atomic mass is 10.1. The SMILES string of the molecule is O=C(O)[C@@H]1CCCN1C(=O)c1ccc(-c2cnc(N3CCOCC3)c3nc(CCc4ccc5ccccc5n4)cn23)cc1. The highest BCUT2D eigenvalue weighted by Crippen LogP contribution is 2.28. The number of carboxylic acid groups (broad SMARTS) is 1. The van der Waals surface area contributed by atoms with E-state index in [-0.39, 0.29) is 5.91 Å². The number of nitrogens with zero attached hydrogens (tertiary/aromatic N) is 6. The van der Waals surface area contributed by atoms with Crippen LogP contribution in [-0.4, -0.2) is 80.1 Å². The second-order valence-corrected chi connectivity index (χ2v) is 11.1. The van der Waals surface area contributed by atoms with Crippen molar-refractivity contribution in [3.8, 4) is 11.3 Å². The molecule has 218 valence electrons. The number of likely N-dealkylation sites (tertiary alicyclic amines) is 1. The molecule has 5 heterocycles. The van der Waals surface area contributed by atoms with Crippen LogP contribution in [0.4, 0.5) is 5.82 Å². The van der Waals surface area contributed by atoms with Crippen LogP contribution in [0, 0.1) is 0 Å². The van der Waals surface area contributed by atoms with Crippen molar-refractivity contribution in [2.45, 2.75) is 31.7 Å². The summed E-state index contributed by atoms with van der Waals surface area (Å²) in [6.45, 7) is 3.24. The van der Waals surface area contributed by atoms with E-state index in [0.717, 1.165) is 70.9 Å². The number of para-hydroxylation sites is 1. The topological polar surface area (TPSA) is 113 Å². The highest BCUT2D eigenvalue weighted by atomic mass is 16.5. The van der Waals surface area contributed by atoms with Gasteiger partial charge in [-0.25, -0.2) is 14.8 Å². The van der Waals surface area contributed by atoms with Crippen molar-refractivity contribution in [1.82, 2.24) is 24.3 Å². The van der Waals surface area contributed by atoms with Gasteiger partial charge in [0.25, 0.3) is 5.91 Å². The molecule has 5 aromatic rings. The van der Waals surface area contributed by atoms with Gasteiger partial charge in [-0.1, -0.05) is 36.4 Å². The number of hydrogen-bond donors (Lipinski definition) is 1. The summed E-state index contributed by atoms with van der Waals surface area (Å²) < 4.78 is 7.65. The number of ether oxygens (including phenoxy) is 1. The van der Waals surface area contributed by atoms with E-state index in [1.54, 1.807) is 12.1 Å². The molecule has 0 bridgehead atoms. The van der Waals surface area contributed by atoms with Crippen molar-refractivity contribution >= 4 is 34.2 Å². The number of amides is 1. The predicted molar refractivity (Wildman–Crippen MR) is 162 cm³/mol. The van der Waals surface area contributed by atoms with Crippen LogP contribution in [0.1, 0.15) is 34.6 Å². The van der Waals surface area contributed by atoms with Crippen LogP contribution >= 0.6 is 0 Å². The minimum absolute atomic E-state index is 0.255. The third-order valence-corrected chi connectivity index (χ3v) is 8.35. The number of carbonyl (C=O) groups is 2. The summed E-state index contributed by atoms with van der Waals surface area (Å²) in [4.78, 5) is 43.1. The molecule has 2 saturated heterocycles. The first-order valence-corrected chi connectivity index (χ1v) is 14.7. The fourth-order valence-corrected chi connectivity index (χ4v) is 6.06. The molecule has 7 rings (SSSR count). The van der Waals surface area contributed by atoms with Crippen molar-refractivity contribution in [3.05, 3.63) is 90.0 Å². The number of rotatable bonds is 7. The molecule has 0 saturated carbocycles. The number of benzene rings is 2. The highest BCUT2D eigenvalue weighted by Gasteiger charge is 2.34. The molecule has 1 N–H and O–H groups in total. The Morgan fingerprint density at radius 1 is 0.907 bits per heavy atom. The van der Waals surface area contributed by atoms with E-state index in [9.17, 15) is 14.7 Å². The molecule has 1 amide bonds. The standard InChI is InChI=1S/C33H32N6O4/c40-32(38-15-3-6-28(38)33(41)42)24-9-7-23(8-10-24)29-20-34-30(37-16-18-43-19-17-37)31-36-26(21-39(29)31)14-13-25-12-11-22-4-1-2-5-27(22)35-25/h1-2,4-5,7-12,20-21,28H,3,6,13-19H2,(H,41,42)/t28-/m0/s1. The number of carboxylic acids is 1. The number of imidazole rings is 1. The molecular formula is C33H32N6O4. The number of aliphatic carboxylic acids is 1. The zero-order chi connectivity index (χ0) is 29.3. The van der Waals surface area contributed by atoms with Gasteiger partial charge in [-0.2, -0.15) is 0 Å². The Morgan fingerprint density at radius 3 is 2.51 bits per heavy atom. The van der Waals surface area contributed by atoms with Crippen molar-refractivity contribution in [1.29, 1.82) is 0 Å². The summed E-state index contributed by atoms with van der Waals surface area (Å²) in [5, 5.41) is 10.6. The van der Waals surface area contributed by atoms with Gasteiger partial charge in [-0.3, -0.25) is 14.2 Å². The van der Waals surface area contributed by atoms with E-state index in [1.165, 1.54) is 4.90 Å². The average molecular weight is 577 g/mol. The molecule has 10 nitrogen and oxygen atoms in total. The number of anilines is 1. The average Bonchev–Trinajstić information content (AvgIpc) is 3.72. The zero-order valence-electron chi connectivity index (χ0n) is 23.7. The van der Waals surface area contributed by atoms with Crippen LogP contribution in [0.2, 0.25) is 0 Å². The van der Waals surface area contributed by atoms with Gasteiger partial charge in [0, 0.05) is 48.0 Å². The van der Waals surface area contributed by atoms with E-state index >= 15 is 0 Å². The number of aromatic nitrogens is 4. The Kier molecular flexibility index (Phi) is 7.20.